The van der Waals surface area contributed by atoms with Crippen molar-refractivity contribution >= 4 is 17.6 Å². The van der Waals surface area contributed by atoms with Gasteiger partial charge < -0.3 is 14.8 Å². The smallest absolute Gasteiger partial charge is 0.338 e. The van der Waals surface area contributed by atoms with E-state index in [4.69, 9.17) is 9.47 Å². The van der Waals surface area contributed by atoms with Crippen LogP contribution in [0, 0.1) is 5.92 Å². The molecule has 2 aromatic carbocycles. The van der Waals surface area contributed by atoms with Crippen LogP contribution in [0.15, 0.2) is 54.6 Å². The highest BCUT2D eigenvalue weighted by molar-refractivity contribution is 5.96. The molecule has 0 aromatic heterocycles. The van der Waals surface area contributed by atoms with Gasteiger partial charge in [0.1, 0.15) is 12.7 Å². The fourth-order valence-electron chi connectivity index (χ4n) is 3.43. The van der Waals surface area contributed by atoms with Gasteiger partial charge in [-0.3, -0.25) is 9.69 Å². The third-order valence-electron chi connectivity index (χ3n) is 5.19. The predicted molar refractivity (Wildman–Crippen MR) is 110 cm³/mol. The van der Waals surface area contributed by atoms with Crippen LogP contribution in [0.3, 0.4) is 0 Å². The van der Waals surface area contributed by atoms with E-state index in [2.05, 4.69) is 22.3 Å². The maximum absolute atomic E-state index is 12.4. The lowest BCUT2D eigenvalue weighted by atomic mass is 10.2. The molecule has 2 fully saturated rings. The molecule has 1 saturated carbocycles. The first kappa shape index (κ1) is 19.6. The molecular formula is C23H26N2O4. The molecule has 1 atom stereocenters. The summed E-state index contributed by atoms with van der Waals surface area (Å²) in [7, 11) is 0. The molecule has 1 unspecified atom stereocenters. The van der Waals surface area contributed by atoms with E-state index in [0.29, 0.717) is 17.9 Å². The van der Waals surface area contributed by atoms with Crippen molar-refractivity contribution in [3.8, 4) is 0 Å². The molecule has 1 heterocycles. The number of esters is 1. The molecule has 152 valence electrons. The number of nitrogens with zero attached hydrogens (tertiary/aromatic N) is 1. The number of anilines is 1. The molecule has 1 N–H and O–H groups in total. The van der Waals surface area contributed by atoms with Crippen LogP contribution in [0.4, 0.5) is 5.69 Å². The van der Waals surface area contributed by atoms with Gasteiger partial charge in [-0.25, -0.2) is 4.79 Å². The van der Waals surface area contributed by atoms with E-state index in [-0.39, 0.29) is 24.5 Å². The minimum atomic E-state index is -0.406. The Kier molecular flexibility index (Phi) is 6.22. The highest BCUT2D eigenvalue weighted by Crippen LogP contribution is 2.30. The number of amides is 1. The molecule has 6 heteroatoms. The summed E-state index contributed by atoms with van der Waals surface area (Å²) in [5.74, 6) is -0.270. The maximum atomic E-state index is 12.4. The van der Waals surface area contributed by atoms with Crippen LogP contribution in [-0.4, -0.2) is 49.2 Å². The fourth-order valence-corrected chi connectivity index (χ4v) is 3.43. The van der Waals surface area contributed by atoms with Crippen molar-refractivity contribution in [2.24, 2.45) is 5.92 Å². The molecule has 2 aliphatic rings. The van der Waals surface area contributed by atoms with Crippen molar-refractivity contribution in [2.45, 2.75) is 25.5 Å². The molecule has 0 radical (unpaired) electrons. The standard InChI is InChI=1S/C23H26N2O4/c26-22(18-9-10-18)24-20-8-4-7-19(13-20)23(27)29-16-21-15-25(11-12-28-21)14-17-5-2-1-3-6-17/h1-8,13,18,21H,9-12,14-16H2,(H,24,26). The Morgan fingerprint density at radius 2 is 1.93 bits per heavy atom. The monoisotopic (exact) mass is 394 g/mol. The van der Waals surface area contributed by atoms with Crippen LogP contribution < -0.4 is 5.32 Å². The molecular weight excluding hydrogens is 368 g/mol. The van der Waals surface area contributed by atoms with Crippen LogP contribution in [0.1, 0.15) is 28.8 Å². The van der Waals surface area contributed by atoms with Gasteiger partial charge in [0.15, 0.2) is 0 Å². The topological polar surface area (TPSA) is 67.9 Å². The minimum Gasteiger partial charge on any atom is -0.459 e. The highest BCUT2D eigenvalue weighted by atomic mass is 16.6. The first-order valence-corrected chi connectivity index (χ1v) is 10.1. The van der Waals surface area contributed by atoms with Crippen molar-refractivity contribution in [2.75, 3.05) is 31.6 Å². The van der Waals surface area contributed by atoms with Crippen molar-refractivity contribution in [3.05, 3.63) is 65.7 Å². The number of carbonyl (C=O) groups is 2. The molecule has 6 nitrogen and oxygen atoms in total. The number of carbonyl (C=O) groups excluding carboxylic acids is 2. The maximum Gasteiger partial charge on any atom is 0.338 e. The third kappa shape index (κ3) is 5.65. The van der Waals surface area contributed by atoms with Gasteiger partial charge in [0.25, 0.3) is 0 Å². The van der Waals surface area contributed by atoms with Crippen molar-refractivity contribution < 1.29 is 19.1 Å². The number of nitrogens with one attached hydrogen (secondary N) is 1. The van der Waals surface area contributed by atoms with E-state index >= 15 is 0 Å². The van der Waals surface area contributed by atoms with Crippen LogP contribution >= 0.6 is 0 Å². The predicted octanol–water partition coefficient (Wildman–Crippen LogP) is 3.09. The molecule has 1 amide bonds. The van der Waals surface area contributed by atoms with Crippen molar-refractivity contribution in [1.82, 2.24) is 4.90 Å². The molecule has 2 aromatic rings. The van der Waals surface area contributed by atoms with E-state index in [1.807, 2.05) is 18.2 Å². The van der Waals surface area contributed by atoms with E-state index in [1.54, 1.807) is 24.3 Å². The Balaban J connectivity index is 1.27. The van der Waals surface area contributed by atoms with Crippen molar-refractivity contribution in [1.29, 1.82) is 0 Å². The summed E-state index contributed by atoms with van der Waals surface area (Å²) in [6.07, 6.45) is 1.74. The molecule has 1 aliphatic carbocycles. The Morgan fingerprint density at radius 1 is 1.10 bits per heavy atom. The SMILES string of the molecule is O=C(OCC1CN(Cc2ccccc2)CCO1)c1cccc(NC(=O)C2CC2)c1. The number of morpholine rings is 1. The number of hydrogen-bond donors (Lipinski definition) is 1. The number of hydrogen-bond acceptors (Lipinski definition) is 5. The highest BCUT2D eigenvalue weighted by Gasteiger charge is 2.29. The Labute approximate surface area is 170 Å². The molecule has 4 rings (SSSR count). The second kappa shape index (κ2) is 9.20. The summed E-state index contributed by atoms with van der Waals surface area (Å²) in [5, 5.41) is 2.86. The number of rotatable bonds is 7. The van der Waals surface area contributed by atoms with Crippen LogP contribution in [-0.2, 0) is 20.8 Å². The summed E-state index contributed by atoms with van der Waals surface area (Å²) >= 11 is 0. The average Bonchev–Trinajstić information content (AvgIpc) is 3.59. The second-order valence-corrected chi connectivity index (χ2v) is 7.66. The van der Waals surface area contributed by atoms with Gasteiger partial charge in [0.05, 0.1) is 12.2 Å². The average molecular weight is 394 g/mol. The van der Waals surface area contributed by atoms with Crippen LogP contribution in [0.2, 0.25) is 0 Å². The summed E-state index contributed by atoms with van der Waals surface area (Å²) < 4.78 is 11.2. The zero-order chi connectivity index (χ0) is 20.1. The van der Waals surface area contributed by atoms with Gasteiger partial charge in [-0.05, 0) is 36.6 Å². The lowest BCUT2D eigenvalue weighted by Crippen LogP contribution is -2.44. The molecule has 0 spiro atoms. The Hall–Kier alpha value is -2.70. The van der Waals surface area contributed by atoms with Gasteiger partial charge in [0, 0.05) is 31.2 Å². The zero-order valence-electron chi connectivity index (χ0n) is 16.4. The lowest BCUT2D eigenvalue weighted by Gasteiger charge is -2.32. The van der Waals surface area contributed by atoms with E-state index in [1.165, 1.54) is 5.56 Å². The van der Waals surface area contributed by atoms with E-state index < -0.39 is 5.97 Å². The fraction of sp³-hybridized carbons (Fsp3) is 0.391. The molecule has 1 saturated heterocycles. The normalized spacial score (nSPS) is 19.5. The molecule has 1 aliphatic heterocycles. The van der Waals surface area contributed by atoms with Gasteiger partial charge in [-0.1, -0.05) is 36.4 Å². The first-order chi connectivity index (χ1) is 14.2. The van der Waals surface area contributed by atoms with E-state index in [0.717, 1.165) is 32.5 Å². The summed E-state index contributed by atoms with van der Waals surface area (Å²) in [5.41, 5.74) is 2.31. The third-order valence-corrected chi connectivity index (χ3v) is 5.19. The quantitative estimate of drug-likeness (QED) is 0.731. The molecule has 0 bridgehead atoms. The van der Waals surface area contributed by atoms with Crippen LogP contribution in [0.25, 0.3) is 0 Å². The summed E-state index contributed by atoms with van der Waals surface area (Å²) in [4.78, 5) is 26.7. The zero-order valence-corrected chi connectivity index (χ0v) is 16.4. The lowest BCUT2D eigenvalue weighted by molar-refractivity contribution is -0.117. The van der Waals surface area contributed by atoms with E-state index in [9.17, 15) is 9.59 Å². The Morgan fingerprint density at radius 3 is 2.72 bits per heavy atom. The van der Waals surface area contributed by atoms with Gasteiger partial charge in [-0.2, -0.15) is 0 Å². The number of ether oxygens (including phenoxy) is 2. The summed E-state index contributed by atoms with van der Waals surface area (Å²) in [6, 6.07) is 17.2. The van der Waals surface area contributed by atoms with Gasteiger partial charge >= 0.3 is 5.97 Å². The molecule has 29 heavy (non-hydrogen) atoms. The largest absolute Gasteiger partial charge is 0.459 e. The van der Waals surface area contributed by atoms with Gasteiger partial charge in [0.2, 0.25) is 5.91 Å². The second-order valence-electron chi connectivity index (χ2n) is 7.66. The number of benzene rings is 2. The minimum absolute atomic E-state index is 0.0182. The van der Waals surface area contributed by atoms with Crippen molar-refractivity contribution in [3.63, 3.8) is 0 Å². The van der Waals surface area contributed by atoms with Gasteiger partial charge in [-0.15, -0.1) is 0 Å². The summed E-state index contributed by atoms with van der Waals surface area (Å²) in [6.45, 7) is 3.28. The Bertz CT molecular complexity index is 851. The van der Waals surface area contributed by atoms with Crippen LogP contribution in [0.5, 0.6) is 0 Å². The first-order valence-electron chi connectivity index (χ1n) is 10.1.